The Hall–Kier alpha value is -1.44. The van der Waals surface area contributed by atoms with Crippen LogP contribution in [-0.4, -0.2) is 12.1 Å². The minimum Gasteiger partial charge on any atom is -0.495 e. The molecule has 0 aliphatic heterocycles. The molecule has 0 saturated heterocycles. The summed E-state index contributed by atoms with van der Waals surface area (Å²) in [7, 11) is 1.73. The fourth-order valence-corrected chi connectivity index (χ4v) is 2.66. The van der Waals surface area contributed by atoms with E-state index in [0.717, 1.165) is 17.7 Å². The maximum atomic E-state index is 5.45. The lowest BCUT2D eigenvalue weighted by Gasteiger charge is -2.10. The van der Waals surface area contributed by atoms with Gasteiger partial charge in [0.15, 0.2) is 0 Å². The van der Waals surface area contributed by atoms with Crippen LogP contribution >= 0.6 is 0 Å². The molecule has 98 valence electrons. The lowest BCUT2D eigenvalue weighted by Crippen LogP contribution is -1.99. The molecular formula is C16H23NO. The number of rotatable bonds is 4. The van der Waals surface area contributed by atoms with Crippen molar-refractivity contribution >= 4 is 10.9 Å². The van der Waals surface area contributed by atoms with E-state index in [2.05, 4.69) is 44.8 Å². The van der Waals surface area contributed by atoms with Crippen molar-refractivity contribution in [1.82, 2.24) is 4.98 Å². The van der Waals surface area contributed by atoms with Crippen LogP contribution < -0.4 is 4.74 Å². The van der Waals surface area contributed by atoms with Gasteiger partial charge in [-0.3, -0.25) is 0 Å². The first-order valence-electron chi connectivity index (χ1n) is 6.72. The van der Waals surface area contributed by atoms with Crippen molar-refractivity contribution in [3.63, 3.8) is 0 Å². The van der Waals surface area contributed by atoms with Crippen LogP contribution in [-0.2, 0) is 6.42 Å². The molecule has 0 radical (unpaired) electrons. The highest BCUT2D eigenvalue weighted by Crippen LogP contribution is 2.34. The molecule has 1 heterocycles. The van der Waals surface area contributed by atoms with Crippen molar-refractivity contribution in [3.8, 4) is 5.75 Å². The molecule has 0 amide bonds. The fourth-order valence-electron chi connectivity index (χ4n) is 2.66. The Bertz CT molecular complexity index is 537. The molecule has 0 bridgehead atoms. The number of aromatic nitrogens is 1. The molecule has 1 N–H and O–H groups in total. The highest BCUT2D eigenvalue weighted by Gasteiger charge is 2.17. The van der Waals surface area contributed by atoms with E-state index in [-0.39, 0.29) is 0 Å². The molecule has 2 heteroatoms. The minimum absolute atomic E-state index is 0.527. The predicted molar refractivity (Wildman–Crippen MR) is 77.5 cm³/mol. The van der Waals surface area contributed by atoms with E-state index < -0.39 is 0 Å². The average Bonchev–Trinajstić information content (AvgIpc) is 2.65. The Labute approximate surface area is 109 Å². The summed E-state index contributed by atoms with van der Waals surface area (Å²) < 4.78 is 5.45. The van der Waals surface area contributed by atoms with Crippen molar-refractivity contribution in [2.45, 2.75) is 40.0 Å². The third-order valence-electron chi connectivity index (χ3n) is 3.33. The van der Waals surface area contributed by atoms with Crippen LogP contribution in [0.3, 0.4) is 0 Å². The minimum atomic E-state index is 0.527. The number of nitrogens with one attached hydrogen (secondary N) is 1. The molecule has 0 aliphatic rings. The second kappa shape index (κ2) is 5.05. The van der Waals surface area contributed by atoms with Crippen molar-refractivity contribution in [1.29, 1.82) is 0 Å². The van der Waals surface area contributed by atoms with Gasteiger partial charge in [-0.15, -0.1) is 0 Å². The molecule has 0 unspecified atom stereocenters. The van der Waals surface area contributed by atoms with Crippen molar-refractivity contribution < 1.29 is 4.74 Å². The number of methoxy groups -OCH3 is 1. The molecule has 2 nitrogen and oxygen atoms in total. The van der Waals surface area contributed by atoms with Gasteiger partial charge in [0.1, 0.15) is 5.75 Å². The van der Waals surface area contributed by atoms with Crippen LogP contribution in [0.15, 0.2) is 18.2 Å². The molecule has 0 fully saturated rings. The zero-order valence-corrected chi connectivity index (χ0v) is 12.0. The Morgan fingerprint density at radius 3 is 2.44 bits per heavy atom. The third kappa shape index (κ3) is 2.24. The topological polar surface area (TPSA) is 25.0 Å². The summed E-state index contributed by atoms with van der Waals surface area (Å²) in [5, 5.41) is 1.31. The first kappa shape index (κ1) is 13.0. The van der Waals surface area contributed by atoms with Crippen LogP contribution in [0.2, 0.25) is 0 Å². The van der Waals surface area contributed by atoms with Crippen LogP contribution in [0.5, 0.6) is 5.75 Å². The van der Waals surface area contributed by atoms with E-state index in [1.165, 1.54) is 16.6 Å². The van der Waals surface area contributed by atoms with Crippen molar-refractivity contribution in [2.75, 3.05) is 7.11 Å². The lowest BCUT2D eigenvalue weighted by atomic mass is 9.95. The molecule has 0 aliphatic carbocycles. The zero-order valence-electron chi connectivity index (χ0n) is 12.0. The maximum absolute atomic E-state index is 5.45. The van der Waals surface area contributed by atoms with E-state index in [1.54, 1.807) is 7.11 Å². The van der Waals surface area contributed by atoms with E-state index in [4.69, 9.17) is 4.74 Å². The number of hydrogen-bond acceptors (Lipinski definition) is 1. The normalized spacial score (nSPS) is 11.7. The van der Waals surface area contributed by atoms with Crippen LogP contribution in [0.25, 0.3) is 10.9 Å². The number of benzene rings is 1. The number of aromatic amines is 1. The van der Waals surface area contributed by atoms with Gasteiger partial charge in [-0.05, 0) is 29.9 Å². The Morgan fingerprint density at radius 2 is 1.89 bits per heavy atom. The van der Waals surface area contributed by atoms with Gasteiger partial charge in [-0.1, -0.05) is 39.8 Å². The number of para-hydroxylation sites is 1. The van der Waals surface area contributed by atoms with Gasteiger partial charge in [0.2, 0.25) is 0 Å². The first-order valence-corrected chi connectivity index (χ1v) is 6.72. The summed E-state index contributed by atoms with van der Waals surface area (Å²) in [5.74, 6) is 2.12. The first-order chi connectivity index (χ1) is 8.54. The predicted octanol–water partition coefficient (Wildman–Crippen LogP) is 4.50. The van der Waals surface area contributed by atoms with Gasteiger partial charge in [-0.25, -0.2) is 0 Å². The average molecular weight is 245 g/mol. The monoisotopic (exact) mass is 245 g/mol. The van der Waals surface area contributed by atoms with Gasteiger partial charge in [0.25, 0.3) is 0 Å². The molecular weight excluding hydrogens is 222 g/mol. The fraction of sp³-hybridized carbons (Fsp3) is 0.500. The number of fused-ring (bicyclic) bond motifs is 1. The Kier molecular flexibility index (Phi) is 3.65. The maximum Gasteiger partial charge on any atom is 0.142 e. The summed E-state index contributed by atoms with van der Waals surface area (Å²) in [6, 6.07) is 6.27. The number of H-pyrrole nitrogens is 1. The van der Waals surface area contributed by atoms with Gasteiger partial charge < -0.3 is 9.72 Å². The quantitative estimate of drug-likeness (QED) is 0.843. The smallest absolute Gasteiger partial charge is 0.142 e. The highest BCUT2D eigenvalue weighted by atomic mass is 16.5. The molecule has 1 aromatic carbocycles. The van der Waals surface area contributed by atoms with Gasteiger partial charge in [-0.2, -0.15) is 0 Å². The largest absolute Gasteiger partial charge is 0.495 e. The van der Waals surface area contributed by atoms with E-state index >= 15 is 0 Å². The molecule has 18 heavy (non-hydrogen) atoms. The molecule has 0 atom stereocenters. The molecule has 2 rings (SSSR count). The molecule has 2 aromatic rings. The second-order valence-electron chi connectivity index (χ2n) is 5.65. The summed E-state index contributed by atoms with van der Waals surface area (Å²) >= 11 is 0. The van der Waals surface area contributed by atoms with Crippen molar-refractivity contribution in [3.05, 3.63) is 29.5 Å². The Morgan fingerprint density at radius 1 is 1.17 bits per heavy atom. The Balaban J connectivity index is 2.66. The van der Waals surface area contributed by atoms with Gasteiger partial charge in [0, 0.05) is 11.1 Å². The highest BCUT2D eigenvalue weighted by molar-refractivity contribution is 5.90. The van der Waals surface area contributed by atoms with Crippen LogP contribution in [0.1, 0.15) is 44.9 Å². The van der Waals surface area contributed by atoms with E-state index in [0.29, 0.717) is 11.8 Å². The van der Waals surface area contributed by atoms with Crippen LogP contribution in [0, 0.1) is 5.92 Å². The summed E-state index contributed by atoms with van der Waals surface area (Å²) in [4.78, 5) is 3.57. The molecule has 0 spiro atoms. The number of ether oxygens (including phenoxy) is 1. The summed E-state index contributed by atoms with van der Waals surface area (Å²) in [6.45, 7) is 9.03. The summed E-state index contributed by atoms with van der Waals surface area (Å²) in [5.41, 5.74) is 3.94. The summed E-state index contributed by atoms with van der Waals surface area (Å²) in [6.07, 6.45) is 1.09. The van der Waals surface area contributed by atoms with E-state index in [1.807, 2.05) is 6.07 Å². The third-order valence-corrected chi connectivity index (χ3v) is 3.33. The zero-order chi connectivity index (χ0) is 13.3. The number of hydrogen-bond donors (Lipinski definition) is 1. The second-order valence-corrected chi connectivity index (χ2v) is 5.65. The molecule has 0 saturated carbocycles. The van der Waals surface area contributed by atoms with Crippen LogP contribution in [0.4, 0.5) is 0 Å². The standard InChI is InChI=1S/C16H23NO/c1-10(2)9-13-15(11(3)4)12-7-6-8-14(18-5)16(12)17-13/h6-8,10-11,17H,9H2,1-5H3. The van der Waals surface area contributed by atoms with Crippen molar-refractivity contribution in [2.24, 2.45) is 5.92 Å². The SMILES string of the molecule is COc1cccc2c(C(C)C)c(CC(C)C)[nH]c12. The molecule has 1 aromatic heterocycles. The van der Waals surface area contributed by atoms with Gasteiger partial charge >= 0.3 is 0 Å². The lowest BCUT2D eigenvalue weighted by molar-refractivity contribution is 0.419. The van der Waals surface area contributed by atoms with Gasteiger partial charge in [0.05, 0.1) is 12.6 Å². The van der Waals surface area contributed by atoms with E-state index in [9.17, 15) is 0 Å².